The third-order valence-corrected chi connectivity index (χ3v) is 17.8. The van der Waals surface area contributed by atoms with Crippen molar-refractivity contribution >= 4 is 44.1 Å². The van der Waals surface area contributed by atoms with Crippen LogP contribution in [0.3, 0.4) is 0 Å². The number of rotatable bonds is 9. The van der Waals surface area contributed by atoms with Gasteiger partial charge in [-0.15, -0.1) is 0 Å². The Kier molecular flexibility index (Phi) is 10.5. The normalized spacial score (nSPS) is 21.3. The highest BCUT2D eigenvalue weighted by Crippen LogP contribution is 2.44. The van der Waals surface area contributed by atoms with Gasteiger partial charge in [0.25, 0.3) is 0 Å². The van der Waals surface area contributed by atoms with E-state index in [1.165, 1.54) is 20.9 Å². The van der Waals surface area contributed by atoms with Gasteiger partial charge in [0, 0.05) is 39.5 Å². The lowest BCUT2D eigenvalue weighted by Crippen LogP contribution is -2.27. The van der Waals surface area contributed by atoms with Gasteiger partial charge >= 0.3 is 0 Å². The highest BCUT2D eigenvalue weighted by molar-refractivity contribution is 7.97. The van der Waals surface area contributed by atoms with E-state index >= 15 is 0 Å². The molecule has 6 unspecified atom stereocenters. The fourth-order valence-electron chi connectivity index (χ4n) is 8.92. The van der Waals surface area contributed by atoms with Gasteiger partial charge in [0.1, 0.15) is 0 Å². The van der Waals surface area contributed by atoms with Crippen LogP contribution in [0.1, 0.15) is 67.8 Å². The predicted octanol–water partition coefficient (Wildman–Crippen LogP) is 11.8. The molecular weight excluding hydrogens is 797 g/mol. The number of ketones is 2. The molecule has 0 radical (unpaired) electrons. The number of benzene rings is 6. The molecule has 6 atom stereocenters. The fourth-order valence-corrected chi connectivity index (χ4v) is 14.5. The largest absolute Gasteiger partial charge is 0.293 e. The molecule has 60 heavy (non-hydrogen) atoms. The van der Waals surface area contributed by atoms with Gasteiger partial charge in [-0.2, -0.15) is 0 Å². The van der Waals surface area contributed by atoms with Crippen molar-refractivity contribution in [3.63, 3.8) is 0 Å². The van der Waals surface area contributed by atoms with Crippen LogP contribution in [-0.4, -0.2) is 20.0 Å². The number of fused-ring (bicyclic) bond motifs is 4. The molecule has 0 aromatic heterocycles. The van der Waals surface area contributed by atoms with E-state index in [0.717, 1.165) is 29.5 Å². The Morgan fingerprint density at radius 1 is 0.650 bits per heavy atom. The maximum absolute atomic E-state index is 13.7. The van der Waals surface area contributed by atoms with Gasteiger partial charge in [0.15, 0.2) is 26.6 Å². The lowest BCUT2D eigenvalue weighted by molar-refractivity contribution is 0.0937. The van der Waals surface area contributed by atoms with Crippen LogP contribution in [0.25, 0.3) is 11.1 Å². The van der Waals surface area contributed by atoms with Crippen LogP contribution < -0.4 is 0 Å². The van der Waals surface area contributed by atoms with Gasteiger partial charge in [-0.3, -0.25) is 9.59 Å². The van der Waals surface area contributed by atoms with Crippen molar-refractivity contribution in [1.29, 1.82) is 0 Å². The van der Waals surface area contributed by atoms with E-state index in [4.69, 9.17) is 0 Å². The Balaban J connectivity index is 0.986. The monoisotopic (exact) mass is 837 g/mol. The summed E-state index contributed by atoms with van der Waals surface area (Å²) in [5, 5.41) is 0.155. The molecule has 4 aliphatic rings. The number of hydrogen-bond donors (Lipinski definition) is 0. The minimum atomic E-state index is -1.41. The molecule has 0 N–H and O–H groups in total. The maximum atomic E-state index is 13.7. The van der Waals surface area contributed by atoms with Crippen molar-refractivity contribution in [2.75, 3.05) is 0 Å². The van der Waals surface area contributed by atoms with Crippen molar-refractivity contribution < 1.29 is 18.0 Å². The molecule has 2 aliphatic carbocycles. The van der Waals surface area contributed by atoms with Gasteiger partial charge < -0.3 is 0 Å². The summed E-state index contributed by atoms with van der Waals surface area (Å²) in [7, 11) is -3.13. The fraction of sp³-hybridized carbons (Fsp3) is 0.132. The number of carbonyl (C=O) groups is 2. The highest BCUT2D eigenvalue weighted by Gasteiger charge is 2.39. The molecular formula is C53H41O4S3+. The molecule has 0 saturated heterocycles. The zero-order valence-corrected chi connectivity index (χ0v) is 35.2. The lowest BCUT2D eigenvalue weighted by atomic mass is 9.87. The number of allylic oxidation sites excluding steroid dienone is 7. The molecule has 7 heteroatoms. The number of aryl methyl sites for hydroxylation is 1. The molecule has 6 aromatic rings. The average molecular weight is 838 g/mol. The van der Waals surface area contributed by atoms with Gasteiger partial charge in [0.2, 0.25) is 0 Å². The van der Waals surface area contributed by atoms with Crippen LogP contribution in [0.2, 0.25) is 0 Å². The first-order chi connectivity index (χ1) is 29.4. The summed E-state index contributed by atoms with van der Waals surface area (Å²) in [6.07, 6.45) is 12.9. The molecule has 0 fully saturated rings. The molecule has 10 rings (SSSR count). The van der Waals surface area contributed by atoms with Crippen molar-refractivity contribution in [2.24, 2.45) is 5.92 Å². The molecule has 6 aromatic carbocycles. The third-order valence-electron chi connectivity index (χ3n) is 12.1. The smallest absolute Gasteiger partial charge is 0.195 e. The molecule has 0 spiro atoms. The van der Waals surface area contributed by atoms with Gasteiger partial charge in [-0.05, 0) is 96.1 Å². The first kappa shape index (κ1) is 38.5. The van der Waals surface area contributed by atoms with Crippen LogP contribution in [0, 0.1) is 5.92 Å². The van der Waals surface area contributed by atoms with E-state index in [1.807, 2.05) is 54.6 Å². The molecule has 4 nitrogen and oxygen atoms in total. The summed E-state index contributed by atoms with van der Waals surface area (Å²) in [6, 6.07) is 52.3. The number of carbonyl (C=O) groups excluding carboxylic acids is 2. The van der Waals surface area contributed by atoms with E-state index < -0.39 is 21.6 Å². The Morgan fingerprint density at radius 3 is 2.13 bits per heavy atom. The molecule has 0 amide bonds. The second kappa shape index (κ2) is 16.4. The number of Topliss-reactive ketones (excluding diaryl/α,β-unsaturated/α-hetero) is 2. The summed E-state index contributed by atoms with van der Waals surface area (Å²) in [6.45, 7) is 0. The van der Waals surface area contributed by atoms with Crippen molar-refractivity contribution in [3.8, 4) is 11.1 Å². The lowest BCUT2D eigenvalue weighted by Gasteiger charge is -2.26. The van der Waals surface area contributed by atoms with E-state index in [-0.39, 0.29) is 39.5 Å². The van der Waals surface area contributed by atoms with Gasteiger partial charge in [0.05, 0.1) is 53.1 Å². The SMILES string of the molecule is O=C1C2=CCC(c3ccc([S+](c4ccccc4)C(CCc4ccccc4)c4ccc(-c5ccc6c(c5)S(=O)C5=CC=CCC5C6=O)cc4)cc3)C=C2S(=O)c2ccccc21. The van der Waals surface area contributed by atoms with Crippen molar-refractivity contribution in [2.45, 2.75) is 56.4 Å². The topological polar surface area (TPSA) is 68.3 Å². The third kappa shape index (κ3) is 7.08. The minimum Gasteiger partial charge on any atom is -0.293 e. The van der Waals surface area contributed by atoms with Crippen molar-refractivity contribution in [1.82, 2.24) is 0 Å². The quantitative estimate of drug-likeness (QED) is 0.136. The van der Waals surface area contributed by atoms with Gasteiger partial charge in [-0.25, -0.2) is 8.42 Å². The summed E-state index contributed by atoms with van der Waals surface area (Å²) in [5.74, 6) is -0.318. The predicted molar refractivity (Wildman–Crippen MR) is 243 cm³/mol. The second-order valence-corrected chi connectivity index (χ2v) is 20.6. The summed E-state index contributed by atoms with van der Waals surface area (Å²) in [5.41, 5.74) is 7.30. The molecule has 2 heterocycles. The van der Waals surface area contributed by atoms with E-state index in [2.05, 4.69) is 115 Å². The first-order valence-corrected chi connectivity index (χ1v) is 24.0. The minimum absolute atomic E-state index is 0.0107. The van der Waals surface area contributed by atoms with Crippen LogP contribution in [-0.2, 0) is 38.9 Å². The van der Waals surface area contributed by atoms with Crippen LogP contribution in [0.4, 0.5) is 0 Å². The summed E-state index contributed by atoms with van der Waals surface area (Å²) in [4.78, 5) is 31.8. The standard InChI is InChI=1S/C53H41O4S3/c54-52-43-15-7-9-17-48(43)59(56)50-33-39(26-30-45(50)52)36-20-22-38(23-21-36)47(32-19-35-11-3-1-4-12-35)58(41-13-5-2-6-14-41)42-28-24-37(25-29-42)40-27-31-46-51(34-40)60(57)49-18-10-8-16-44(49)53(46)55/h1-14,16-18,20-26,28-31,33-34,40,43,47H,15,19,27,32H2/q+1. The Hall–Kier alpha value is -5.73. The molecule has 0 saturated carbocycles. The van der Waals surface area contributed by atoms with E-state index in [0.29, 0.717) is 49.1 Å². The zero-order chi connectivity index (χ0) is 40.7. The van der Waals surface area contributed by atoms with Gasteiger partial charge in [-0.1, -0.05) is 127 Å². The highest BCUT2D eigenvalue weighted by atomic mass is 32.2. The first-order valence-electron chi connectivity index (χ1n) is 20.4. The summed E-state index contributed by atoms with van der Waals surface area (Å²) < 4.78 is 27.4. The van der Waals surface area contributed by atoms with E-state index in [1.54, 1.807) is 12.1 Å². The van der Waals surface area contributed by atoms with Crippen LogP contribution in [0.5, 0.6) is 0 Å². The summed E-state index contributed by atoms with van der Waals surface area (Å²) >= 11 is 0. The molecule has 2 aliphatic heterocycles. The second-order valence-electron chi connectivity index (χ2n) is 15.6. The molecule has 0 bridgehead atoms. The van der Waals surface area contributed by atoms with Crippen molar-refractivity contribution in [3.05, 3.63) is 225 Å². The number of hydrogen-bond acceptors (Lipinski definition) is 4. The Labute approximate surface area is 358 Å². The average Bonchev–Trinajstić information content (AvgIpc) is 3.32. The zero-order valence-electron chi connectivity index (χ0n) is 32.7. The van der Waals surface area contributed by atoms with E-state index in [9.17, 15) is 18.0 Å². The van der Waals surface area contributed by atoms with Crippen LogP contribution in [0.15, 0.2) is 217 Å². The van der Waals surface area contributed by atoms with Crippen LogP contribution >= 0.6 is 0 Å². The Morgan fingerprint density at radius 2 is 1.35 bits per heavy atom. The maximum Gasteiger partial charge on any atom is 0.195 e. The Bertz CT molecular complexity index is 2840. The molecule has 294 valence electrons.